The molecule has 1 heterocycles. The largest absolute Gasteiger partial charge is 0.494 e. The quantitative estimate of drug-likeness (QED) is 0.381. The lowest BCUT2D eigenvalue weighted by molar-refractivity contribution is 0.0986. The Morgan fingerprint density at radius 3 is 2.45 bits per heavy atom. The van der Waals surface area contributed by atoms with Gasteiger partial charge in [0.15, 0.2) is 5.13 Å². The maximum atomic E-state index is 13.5. The SMILES string of the molecule is CCCCOc1ccc(C(=O)N(CCCN(C)C)c2nc3c(C)c(C)ccc3s2)cc1. The topological polar surface area (TPSA) is 45.7 Å². The summed E-state index contributed by atoms with van der Waals surface area (Å²) in [6.07, 6.45) is 3.00. The Bertz CT molecular complexity index is 1010. The molecule has 0 atom stereocenters. The Labute approximate surface area is 189 Å². The summed E-state index contributed by atoms with van der Waals surface area (Å²) in [4.78, 5) is 22.3. The van der Waals surface area contributed by atoms with Gasteiger partial charge in [-0.1, -0.05) is 30.7 Å². The van der Waals surface area contributed by atoms with Crippen molar-refractivity contribution in [2.75, 3.05) is 38.7 Å². The van der Waals surface area contributed by atoms with Gasteiger partial charge in [-0.2, -0.15) is 0 Å². The second kappa shape index (κ2) is 10.7. The number of carbonyl (C=O) groups excluding carboxylic acids is 1. The van der Waals surface area contributed by atoms with Crippen molar-refractivity contribution < 1.29 is 9.53 Å². The molecule has 3 aromatic rings. The van der Waals surface area contributed by atoms with Crippen molar-refractivity contribution in [1.29, 1.82) is 0 Å². The Kier molecular flexibility index (Phi) is 8.04. The second-order valence-corrected chi connectivity index (χ2v) is 9.20. The van der Waals surface area contributed by atoms with E-state index in [0.29, 0.717) is 18.7 Å². The number of fused-ring (bicyclic) bond motifs is 1. The highest BCUT2D eigenvalue weighted by molar-refractivity contribution is 7.22. The van der Waals surface area contributed by atoms with Gasteiger partial charge in [0, 0.05) is 12.1 Å². The van der Waals surface area contributed by atoms with Crippen LogP contribution in [0.4, 0.5) is 5.13 Å². The molecule has 1 amide bonds. The monoisotopic (exact) mass is 439 g/mol. The zero-order valence-corrected chi connectivity index (χ0v) is 20.1. The Morgan fingerprint density at radius 2 is 1.77 bits per heavy atom. The van der Waals surface area contributed by atoms with Crippen molar-refractivity contribution in [3.63, 3.8) is 0 Å². The van der Waals surface area contributed by atoms with Crippen molar-refractivity contribution in [2.24, 2.45) is 0 Å². The van der Waals surface area contributed by atoms with Crippen LogP contribution in [-0.4, -0.2) is 49.6 Å². The molecule has 0 unspecified atom stereocenters. The summed E-state index contributed by atoms with van der Waals surface area (Å²) in [5.41, 5.74) is 4.03. The summed E-state index contributed by atoms with van der Waals surface area (Å²) in [7, 11) is 4.10. The molecule has 1 aromatic heterocycles. The molecule has 0 aliphatic heterocycles. The molecule has 0 spiro atoms. The fraction of sp³-hybridized carbons (Fsp3) is 0.440. The number of benzene rings is 2. The first kappa shape index (κ1) is 23.2. The van der Waals surface area contributed by atoms with Gasteiger partial charge in [-0.05, 0) is 88.8 Å². The molecule has 0 saturated carbocycles. The fourth-order valence-corrected chi connectivity index (χ4v) is 4.39. The van der Waals surface area contributed by atoms with E-state index in [1.54, 1.807) is 11.3 Å². The van der Waals surface area contributed by atoms with Crippen LogP contribution in [0, 0.1) is 13.8 Å². The standard InChI is InChI=1S/C25H33N3O2S/c1-6-7-17-30-21-12-10-20(11-13-21)24(29)28(16-8-15-27(4)5)25-26-23-19(3)18(2)9-14-22(23)31-25/h9-14H,6-8,15-17H2,1-5H3. The number of aryl methyl sites for hydroxylation is 2. The first-order valence-corrected chi connectivity index (χ1v) is 11.8. The van der Waals surface area contributed by atoms with Crippen LogP contribution in [0.2, 0.25) is 0 Å². The number of ether oxygens (including phenoxy) is 1. The molecule has 0 fully saturated rings. The zero-order chi connectivity index (χ0) is 22.4. The van der Waals surface area contributed by atoms with Gasteiger partial charge < -0.3 is 9.64 Å². The number of anilines is 1. The van der Waals surface area contributed by atoms with Crippen LogP contribution in [0.1, 0.15) is 47.7 Å². The van der Waals surface area contributed by atoms with Gasteiger partial charge in [0.05, 0.1) is 16.8 Å². The normalized spacial score (nSPS) is 11.3. The molecule has 5 nitrogen and oxygen atoms in total. The van der Waals surface area contributed by atoms with Gasteiger partial charge in [-0.15, -0.1) is 0 Å². The number of carbonyl (C=O) groups is 1. The van der Waals surface area contributed by atoms with E-state index in [9.17, 15) is 4.79 Å². The van der Waals surface area contributed by atoms with E-state index in [-0.39, 0.29) is 5.91 Å². The average molecular weight is 440 g/mol. The average Bonchev–Trinajstić information content (AvgIpc) is 3.19. The molecule has 0 radical (unpaired) electrons. The smallest absolute Gasteiger partial charge is 0.260 e. The zero-order valence-electron chi connectivity index (χ0n) is 19.3. The van der Waals surface area contributed by atoms with Crippen molar-refractivity contribution in [3.8, 4) is 5.75 Å². The highest BCUT2D eigenvalue weighted by Gasteiger charge is 2.22. The first-order valence-electron chi connectivity index (χ1n) is 11.0. The van der Waals surface area contributed by atoms with E-state index in [2.05, 4.69) is 37.8 Å². The lowest BCUT2D eigenvalue weighted by Crippen LogP contribution is -2.33. The van der Waals surface area contributed by atoms with Crippen molar-refractivity contribution in [3.05, 3.63) is 53.1 Å². The molecule has 0 aliphatic carbocycles. The number of rotatable bonds is 10. The van der Waals surface area contributed by atoms with E-state index < -0.39 is 0 Å². The van der Waals surface area contributed by atoms with Gasteiger partial charge in [0.2, 0.25) is 0 Å². The molecular formula is C25H33N3O2S. The number of aromatic nitrogens is 1. The Morgan fingerprint density at radius 1 is 1.03 bits per heavy atom. The van der Waals surface area contributed by atoms with Gasteiger partial charge in [0.1, 0.15) is 5.75 Å². The predicted octanol–water partition coefficient (Wildman–Crippen LogP) is 5.69. The van der Waals surface area contributed by atoms with Crippen LogP contribution in [-0.2, 0) is 0 Å². The maximum absolute atomic E-state index is 13.5. The van der Waals surface area contributed by atoms with Gasteiger partial charge >= 0.3 is 0 Å². The number of thiazole rings is 1. The molecule has 2 aromatic carbocycles. The van der Waals surface area contributed by atoms with Crippen LogP contribution in [0.5, 0.6) is 5.75 Å². The fourth-order valence-electron chi connectivity index (χ4n) is 3.34. The first-order chi connectivity index (χ1) is 14.9. The van der Waals surface area contributed by atoms with Gasteiger partial charge in [-0.3, -0.25) is 9.69 Å². The minimum Gasteiger partial charge on any atom is -0.494 e. The molecular weight excluding hydrogens is 406 g/mol. The second-order valence-electron chi connectivity index (χ2n) is 8.19. The maximum Gasteiger partial charge on any atom is 0.260 e. The third-order valence-corrected chi connectivity index (χ3v) is 6.45. The van der Waals surface area contributed by atoms with E-state index in [1.807, 2.05) is 43.3 Å². The van der Waals surface area contributed by atoms with Crippen LogP contribution in [0.15, 0.2) is 36.4 Å². The van der Waals surface area contributed by atoms with E-state index >= 15 is 0 Å². The number of hydrogen-bond donors (Lipinski definition) is 0. The summed E-state index contributed by atoms with van der Waals surface area (Å²) in [5, 5.41) is 0.760. The molecule has 31 heavy (non-hydrogen) atoms. The molecule has 0 bridgehead atoms. The summed E-state index contributed by atoms with van der Waals surface area (Å²) in [6.45, 7) is 8.57. The third kappa shape index (κ3) is 5.83. The third-order valence-electron chi connectivity index (χ3n) is 5.40. The number of amides is 1. The van der Waals surface area contributed by atoms with Crippen LogP contribution < -0.4 is 9.64 Å². The highest BCUT2D eigenvalue weighted by Crippen LogP contribution is 2.33. The molecule has 0 saturated heterocycles. The Balaban J connectivity index is 1.86. The molecule has 6 heteroatoms. The number of hydrogen-bond acceptors (Lipinski definition) is 5. The van der Waals surface area contributed by atoms with E-state index in [4.69, 9.17) is 9.72 Å². The molecule has 166 valence electrons. The van der Waals surface area contributed by atoms with Gasteiger partial charge in [-0.25, -0.2) is 4.98 Å². The highest BCUT2D eigenvalue weighted by atomic mass is 32.1. The van der Waals surface area contributed by atoms with Crippen LogP contribution in [0.25, 0.3) is 10.2 Å². The molecule has 3 rings (SSSR count). The predicted molar refractivity (Wildman–Crippen MR) is 131 cm³/mol. The van der Waals surface area contributed by atoms with Crippen molar-refractivity contribution in [1.82, 2.24) is 9.88 Å². The van der Waals surface area contributed by atoms with Crippen LogP contribution in [0.3, 0.4) is 0 Å². The van der Waals surface area contributed by atoms with Crippen molar-refractivity contribution >= 4 is 32.6 Å². The minimum atomic E-state index is -0.0210. The van der Waals surface area contributed by atoms with Crippen LogP contribution >= 0.6 is 11.3 Å². The summed E-state index contributed by atoms with van der Waals surface area (Å²) < 4.78 is 6.86. The molecule has 0 N–H and O–H groups in total. The Hall–Kier alpha value is -2.44. The minimum absolute atomic E-state index is 0.0210. The number of nitrogens with zero attached hydrogens (tertiary/aromatic N) is 3. The summed E-state index contributed by atoms with van der Waals surface area (Å²) in [6, 6.07) is 11.7. The van der Waals surface area contributed by atoms with E-state index in [0.717, 1.165) is 46.9 Å². The lowest BCUT2D eigenvalue weighted by atomic mass is 10.1. The summed E-state index contributed by atoms with van der Waals surface area (Å²) in [5.74, 6) is 0.780. The van der Waals surface area contributed by atoms with Crippen molar-refractivity contribution in [2.45, 2.75) is 40.0 Å². The van der Waals surface area contributed by atoms with Gasteiger partial charge in [0.25, 0.3) is 5.91 Å². The van der Waals surface area contributed by atoms with E-state index in [1.165, 1.54) is 11.1 Å². The lowest BCUT2D eigenvalue weighted by Gasteiger charge is -2.21. The summed E-state index contributed by atoms with van der Waals surface area (Å²) >= 11 is 1.58. The number of unbranched alkanes of at least 4 members (excludes halogenated alkanes) is 1. The molecule has 0 aliphatic rings.